The number of piperazine rings is 1. The summed E-state index contributed by atoms with van der Waals surface area (Å²) in [4.78, 5) is 17.1. The quantitative estimate of drug-likeness (QED) is 0.803. The highest BCUT2D eigenvalue weighted by Crippen LogP contribution is 2.47. The van der Waals surface area contributed by atoms with Gasteiger partial charge in [0.05, 0.1) is 19.3 Å². The number of ether oxygens (including phenoxy) is 1. The summed E-state index contributed by atoms with van der Waals surface area (Å²) in [6.45, 7) is 4.80. The van der Waals surface area contributed by atoms with Crippen LogP contribution in [0.2, 0.25) is 0 Å². The number of hydrogen-bond donors (Lipinski definition) is 1. The summed E-state index contributed by atoms with van der Waals surface area (Å²) in [7, 11) is 1.71. The molecule has 0 unspecified atom stereocenters. The molecule has 0 bridgehead atoms. The standard InChI is InChI=1S/C23H29N3O2/c1-28-21-10-6-5-9-20(21)26-15-13-25(14-16-26)17-22(27)24-18-23(11-12-23)19-7-3-2-4-8-19/h2-10H,11-18H2,1H3,(H,24,27). The van der Waals surface area contributed by atoms with Gasteiger partial charge in [0.25, 0.3) is 0 Å². The van der Waals surface area contributed by atoms with Gasteiger partial charge in [0.15, 0.2) is 0 Å². The van der Waals surface area contributed by atoms with E-state index >= 15 is 0 Å². The lowest BCUT2D eigenvalue weighted by molar-refractivity contribution is -0.122. The Labute approximate surface area is 167 Å². The molecule has 2 aromatic rings. The van der Waals surface area contributed by atoms with E-state index in [1.54, 1.807) is 7.11 Å². The average molecular weight is 380 g/mol. The highest BCUT2D eigenvalue weighted by Gasteiger charge is 2.44. The molecule has 148 valence electrons. The van der Waals surface area contributed by atoms with E-state index in [1.165, 1.54) is 5.56 Å². The van der Waals surface area contributed by atoms with Crippen LogP contribution in [-0.4, -0.2) is 57.2 Å². The van der Waals surface area contributed by atoms with Gasteiger partial charge >= 0.3 is 0 Å². The highest BCUT2D eigenvalue weighted by atomic mass is 16.5. The average Bonchev–Trinajstić information content (AvgIpc) is 3.55. The largest absolute Gasteiger partial charge is 0.495 e. The maximum Gasteiger partial charge on any atom is 0.234 e. The number of para-hydroxylation sites is 2. The third-order valence-corrected chi connectivity index (χ3v) is 6.03. The monoisotopic (exact) mass is 379 g/mol. The van der Waals surface area contributed by atoms with Gasteiger partial charge in [0, 0.05) is 38.1 Å². The molecule has 28 heavy (non-hydrogen) atoms. The summed E-state index contributed by atoms with van der Waals surface area (Å²) in [5, 5.41) is 3.18. The Morgan fingerprint density at radius 2 is 1.68 bits per heavy atom. The Morgan fingerprint density at radius 3 is 2.36 bits per heavy atom. The molecule has 1 aliphatic heterocycles. The molecule has 1 N–H and O–H groups in total. The second-order valence-corrected chi connectivity index (χ2v) is 7.86. The molecule has 0 spiro atoms. The van der Waals surface area contributed by atoms with Crippen LogP contribution in [0.4, 0.5) is 5.69 Å². The SMILES string of the molecule is COc1ccccc1N1CCN(CC(=O)NCC2(c3ccccc3)CC2)CC1. The second-order valence-electron chi connectivity index (χ2n) is 7.86. The Kier molecular flexibility index (Phi) is 5.53. The number of anilines is 1. The fourth-order valence-electron chi connectivity index (χ4n) is 4.07. The Morgan fingerprint density at radius 1 is 1.00 bits per heavy atom. The number of nitrogens with one attached hydrogen (secondary N) is 1. The minimum Gasteiger partial charge on any atom is -0.495 e. The van der Waals surface area contributed by atoms with Gasteiger partial charge in [-0.05, 0) is 30.5 Å². The van der Waals surface area contributed by atoms with Crippen molar-refractivity contribution in [2.75, 3.05) is 51.3 Å². The van der Waals surface area contributed by atoms with Gasteiger partial charge in [-0.1, -0.05) is 42.5 Å². The molecule has 1 heterocycles. The molecule has 1 saturated carbocycles. The van der Waals surface area contributed by atoms with Gasteiger partial charge in [-0.2, -0.15) is 0 Å². The van der Waals surface area contributed by atoms with Crippen molar-refractivity contribution in [3.05, 3.63) is 60.2 Å². The van der Waals surface area contributed by atoms with Crippen LogP contribution in [0.15, 0.2) is 54.6 Å². The summed E-state index contributed by atoms with van der Waals surface area (Å²) in [6, 6.07) is 18.7. The molecule has 2 fully saturated rings. The molecule has 0 atom stereocenters. The molecule has 2 aliphatic rings. The lowest BCUT2D eigenvalue weighted by atomic mass is 9.96. The van der Waals surface area contributed by atoms with Crippen LogP contribution in [0.3, 0.4) is 0 Å². The third-order valence-electron chi connectivity index (χ3n) is 6.03. The first-order chi connectivity index (χ1) is 13.7. The van der Waals surface area contributed by atoms with Gasteiger partial charge in [-0.25, -0.2) is 0 Å². The zero-order chi connectivity index (χ0) is 19.4. The first-order valence-electron chi connectivity index (χ1n) is 10.1. The van der Waals surface area contributed by atoms with E-state index in [1.807, 2.05) is 24.3 Å². The van der Waals surface area contributed by atoms with Gasteiger partial charge in [0.1, 0.15) is 5.75 Å². The molecule has 0 radical (unpaired) electrons. The van der Waals surface area contributed by atoms with Gasteiger partial charge < -0.3 is 15.0 Å². The summed E-state index contributed by atoms with van der Waals surface area (Å²) in [6.07, 6.45) is 2.32. The maximum absolute atomic E-state index is 12.5. The van der Waals surface area contributed by atoms with Crippen LogP contribution >= 0.6 is 0 Å². The molecule has 5 nitrogen and oxygen atoms in total. The zero-order valence-corrected chi connectivity index (χ0v) is 16.6. The molecule has 5 heteroatoms. The molecule has 1 saturated heterocycles. The van der Waals surface area contributed by atoms with E-state index in [9.17, 15) is 4.79 Å². The number of nitrogens with zero attached hydrogens (tertiary/aromatic N) is 2. The van der Waals surface area contributed by atoms with E-state index in [4.69, 9.17) is 4.74 Å². The smallest absolute Gasteiger partial charge is 0.234 e. The summed E-state index contributed by atoms with van der Waals surface area (Å²) < 4.78 is 5.48. The third kappa shape index (κ3) is 4.14. The van der Waals surface area contributed by atoms with Crippen molar-refractivity contribution >= 4 is 11.6 Å². The van der Waals surface area contributed by atoms with Gasteiger partial charge in [-0.15, -0.1) is 0 Å². The number of methoxy groups -OCH3 is 1. The number of hydrogen-bond acceptors (Lipinski definition) is 4. The molecule has 0 aromatic heterocycles. The van der Waals surface area contributed by atoms with Crippen molar-refractivity contribution in [2.45, 2.75) is 18.3 Å². The molecule has 1 amide bonds. The summed E-state index contributed by atoms with van der Waals surface area (Å²) in [5.41, 5.74) is 2.65. The van der Waals surface area contributed by atoms with Crippen molar-refractivity contribution in [1.82, 2.24) is 10.2 Å². The van der Waals surface area contributed by atoms with Crippen molar-refractivity contribution in [2.24, 2.45) is 0 Å². The number of carbonyl (C=O) groups excluding carboxylic acids is 1. The number of rotatable bonds is 7. The van der Waals surface area contributed by atoms with Crippen LogP contribution in [0, 0.1) is 0 Å². The van der Waals surface area contributed by atoms with Crippen molar-refractivity contribution < 1.29 is 9.53 Å². The van der Waals surface area contributed by atoms with Crippen LogP contribution in [0.5, 0.6) is 5.75 Å². The number of carbonyl (C=O) groups is 1. The Bertz CT molecular complexity index is 797. The van der Waals surface area contributed by atoms with Crippen LogP contribution in [-0.2, 0) is 10.2 Å². The van der Waals surface area contributed by atoms with Gasteiger partial charge in [0.2, 0.25) is 5.91 Å². The maximum atomic E-state index is 12.5. The van der Waals surface area contributed by atoms with Crippen LogP contribution in [0.25, 0.3) is 0 Å². The fraction of sp³-hybridized carbons (Fsp3) is 0.435. The zero-order valence-electron chi connectivity index (χ0n) is 16.6. The first-order valence-corrected chi connectivity index (χ1v) is 10.1. The highest BCUT2D eigenvalue weighted by molar-refractivity contribution is 5.78. The fourth-order valence-corrected chi connectivity index (χ4v) is 4.07. The van der Waals surface area contributed by atoms with E-state index in [-0.39, 0.29) is 11.3 Å². The topological polar surface area (TPSA) is 44.8 Å². The minimum absolute atomic E-state index is 0.132. The minimum atomic E-state index is 0.132. The van der Waals surface area contributed by atoms with Crippen LogP contribution < -0.4 is 15.0 Å². The summed E-state index contributed by atoms with van der Waals surface area (Å²) in [5.74, 6) is 1.04. The molecule has 4 rings (SSSR count). The van der Waals surface area contributed by atoms with E-state index in [0.717, 1.165) is 57.0 Å². The summed E-state index contributed by atoms with van der Waals surface area (Å²) >= 11 is 0. The predicted molar refractivity (Wildman–Crippen MR) is 112 cm³/mol. The number of amides is 1. The number of benzene rings is 2. The van der Waals surface area contributed by atoms with Crippen LogP contribution in [0.1, 0.15) is 18.4 Å². The Balaban J connectivity index is 1.24. The molecular formula is C23H29N3O2. The van der Waals surface area contributed by atoms with Crippen molar-refractivity contribution in [3.8, 4) is 5.75 Å². The molecule has 1 aliphatic carbocycles. The van der Waals surface area contributed by atoms with Crippen molar-refractivity contribution in [3.63, 3.8) is 0 Å². The lowest BCUT2D eigenvalue weighted by Gasteiger charge is -2.36. The van der Waals surface area contributed by atoms with Gasteiger partial charge in [-0.3, -0.25) is 9.69 Å². The predicted octanol–water partition coefficient (Wildman–Crippen LogP) is 2.67. The molecule has 2 aromatic carbocycles. The second kappa shape index (κ2) is 8.23. The normalized spacial score (nSPS) is 18.5. The van der Waals surface area contributed by atoms with Crippen molar-refractivity contribution in [1.29, 1.82) is 0 Å². The first kappa shape index (κ1) is 18.8. The van der Waals surface area contributed by atoms with E-state index in [2.05, 4.69) is 45.4 Å². The van der Waals surface area contributed by atoms with E-state index < -0.39 is 0 Å². The molecular weight excluding hydrogens is 350 g/mol. The Hall–Kier alpha value is -2.53. The lowest BCUT2D eigenvalue weighted by Crippen LogP contribution is -2.50. The van der Waals surface area contributed by atoms with E-state index in [0.29, 0.717) is 6.54 Å².